The number of ether oxygens (including phenoxy) is 2. The van der Waals surface area contributed by atoms with Crippen LogP contribution in [0.5, 0.6) is 0 Å². The van der Waals surface area contributed by atoms with Gasteiger partial charge in [0.2, 0.25) is 0 Å². The number of amides is 2. The van der Waals surface area contributed by atoms with E-state index in [-0.39, 0.29) is 31.0 Å². The first-order valence-electron chi connectivity index (χ1n) is 8.59. The fraction of sp³-hybridized carbons (Fsp3) is 0.211. The van der Waals surface area contributed by atoms with Crippen molar-refractivity contribution in [3.8, 4) is 0 Å². The summed E-state index contributed by atoms with van der Waals surface area (Å²) in [5.41, 5.74) is 0.478. The van der Waals surface area contributed by atoms with Gasteiger partial charge >= 0.3 is 18.0 Å². The summed E-state index contributed by atoms with van der Waals surface area (Å²) in [7, 11) is 0. The number of carbonyl (C=O) groups excluding carboxylic acids is 3. The molecule has 0 unspecified atom stereocenters. The molecule has 7 nitrogen and oxygen atoms in total. The van der Waals surface area contributed by atoms with Crippen LogP contribution in [0, 0.1) is 0 Å². The molecule has 1 aliphatic heterocycles. The SMILES string of the molecule is CCOC(=O)C1=C(COC(=O)c2cc3sc4ccccc4c3s2)NC(=O)NC1. The van der Waals surface area contributed by atoms with Gasteiger partial charge in [0.15, 0.2) is 0 Å². The van der Waals surface area contributed by atoms with E-state index in [1.165, 1.54) is 16.0 Å². The Morgan fingerprint density at radius 3 is 2.75 bits per heavy atom. The first kappa shape index (κ1) is 18.5. The van der Waals surface area contributed by atoms with Crippen molar-refractivity contribution < 1.29 is 23.9 Å². The van der Waals surface area contributed by atoms with Crippen molar-refractivity contribution in [1.82, 2.24) is 10.6 Å². The number of rotatable bonds is 5. The van der Waals surface area contributed by atoms with E-state index in [2.05, 4.69) is 10.6 Å². The lowest BCUT2D eigenvalue weighted by Crippen LogP contribution is -2.45. The molecule has 0 spiro atoms. The largest absolute Gasteiger partial charge is 0.463 e. The predicted octanol–water partition coefficient (Wildman–Crippen LogP) is 3.40. The van der Waals surface area contributed by atoms with Crippen LogP contribution in [0.1, 0.15) is 16.6 Å². The van der Waals surface area contributed by atoms with Gasteiger partial charge in [-0.05, 0) is 19.1 Å². The molecule has 2 N–H and O–H groups in total. The van der Waals surface area contributed by atoms with E-state index >= 15 is 0 Å². The highest BCUT2D eigenvalue weighted by Gasteiger charge is 2.25. The van der Waals surface area contributed by atoms with Gasteiger partial charge in [0.1, 0.15) is 11.5 Å². The van der Waals surface area contributed by atoms with Gasteiger partial charge in [-0.2, -0.15) is 0 Å². The van der Waals surface area contributed by atoms with E-state index in [1.54, 1.807) is 18.3 Å². The molecular formula is C19H16N2O5S2. The van der Waals surface area contributed by atoms with Gasteiger partial charge in [-0.15, -0.1) is 22.7 Å². The number of esters is 2. The highest BCUT2D eigenvalue weighted by atomic mass is 32.1. The highest BCUT2D eigenvalue weighted by molar-refractivity contribution is 7.33. The van der Waals surface area contributed by atoms with Crippen LogP contribution in [0.25, 0.3) is 19.5 Å². The molecule has 2 amide bonds. The first-order chi connectivity index (χ1) is 13.6. The van der Waals surface area contributed by atoms with Crippen molar-refractivity contribution in [2.75, 3.05) is 19.8 Å². The normalized spacial score (nSPS) is 14.1. The van der Waals surface area contributed by atoms with Gasteiger partial charge in [0.25, 0.3) is 0 Å². The number of benzene rings is 1. The zero-order valence-electron chi connectivity index (χ0n) is 14.9. The summed E-state index contributed by atoms with van der Waals surface area (Å²) in [5, 5.41) is 6.14. The smallest absolute Gasteiger partial charge is 0.348 e. The Morgan fingerprint density at radius 1 is 1.11 bits per heavy atom. The van der Waals surface area contributed by atoms with Crippen LogP contribution in [0.15, 0.2) is 41.6 Å². The lowest BCUT2D eigenvalue weighted by atomic mass is 10.2. The molecule has 1 aromatic carbocycles. The van der Waals surface area contributed by atoms with Gasteiger partial charge in [-0.25, -0.2) is 14.4 Å². The summed E-state index contributed by atoms with van der Waals surface area (Å²) >= 11 is 3.00. The highest BCUT2D eigenvalue weighted by Crippen LogP contribution is 2.39. The summed E-state index contributed by atoms with van der Waals surface area (Å²) in [6.07, 6.45) is 0. The number of fused-ring (bicyclic) bond motifs is 3. The minimum atomic E-state index is -0.552. The van der Waals surface area contributed by atoms with E-state index in [9.17, 15) is 14.4 Å². The molecule has 1 aliphatic rings. The van der Waals surface area contributed by atoms with Crippen molar-refractivity contribution in [3.63, 3.8) is 0 Å². The van der Waals surface area contributed by atoms with E-state index in [4.69, 9.17) is 9.47 Å². The van der Waals surface area contributed by atoms with E-state index in [0.29, 0.717) is 4.88 Å². The van der Waals surface area contributed by atoms with E-state index in [0.717, 1.165) is 14.8 Å². The third-order valence-corrected chi connectivity index (χ3v) is 6.57. The maximum absolute atomic E-state index is 12.5. The predicted molar refractivity (Wildman–Crippen MR) is 108 cm³/mol. The third-order valence-electron chi connectivity index (χ3n) is 4.17. The van der Waals surface area contributed by atoms with Crippen molar-refractivity contribution in [2.24, 2.45) is 0 Å². The lowest BCUT2D eigenvalue weighted by molar-refractivity contribution is -0.138. The number of hydrogen-bond donors (Lipinski definition) is 2. The Hall–Kier alpha value is -2.91. The number of urea groups is 1. The minimum absolute atomic E-state index is 0.0261. The molecule has 0 atom stereocenters. The van der Waals surface area contributed by atoms with E-state index < -0.39 is 18.0 Å². The Labute approximate surface area is 167 Å². The van der Waals surface area contributed by atoms with Gasteiger partial charge in [0.05, 0.1) is 29.1 Å². The Balaban J connectivity index is 1.53. The van der Waals surface area contributed by atoms with Crippen molar-refractivity contribution in [3.05, 3.63) is 46.5 Å². The molecule has 3 aromatic rings. The number of nitrogens with one attached hydrogen (secondary N) is 2. The van der Waals surface area contributed by atoms with Crippen LogP contribution in [0.3, 0.4) is 0 Å². The maximum atomic E-state index is 12.5. The van der Waals surface area contributed by atoms with Crippen molar-refractivity contribution in [1.29, 1.82) is 0 Å². The van der Waals surface area contributed by atoms with Crippen LogP contribution in [-0.4, -0.2) is 37.7 Å². The van der Waals surface area contributed by atoms with Crippen LogP contribution in [-0.2, 0) is 14.3 Å². The van der Waals surface area contributed by atoms with Crippen LogP contribution >= 0.6 is 22.7 Å². The standard InChI is InChI=1S/C19H16N2O5S2/c1-2-25-17(22)11-8-20-19(24)21-12(11)9-26-18(23)15-7-14-16(28-15)10-5-3-4-6-13(10)27-14/h3-7H,2,8-9H2,1H3,(H2,20,21,24). The van der Waals surface area contributed by atoms with Crippen LogP contribution < -0.4 is 10.6 Å². The number of thiophene rings is 2. The van der Waals surface area contributed by atoms with Crippen molar-refractivity contribution in [2.45, 2.75) is 6.92 Å². The average Bonchev–Trinajstić information content (AvgIpc) is 3.24. The summed E-state index contributed by atoms with van der Waals surface area (Å²) in [6.45, 7) is 1.72. The summed E-state index contributed by atoms with van der Waals surface area (Å²) < 4.78 is 13.6. The molecule has 9 heteroatoms. The minimum Gasteiger partial charge on any atom is -0.463 e. The van der Waals surface area contributed by atoms with Crippen LogP contribution in [0.2, 0.25) is 0 Å². The van der Waals surface area contributed by atoms with E-state index in [1.807, 2.05) is 30.3 Å². The van der Waals surface area contributed by atoms with Gasteiger partial charge in [-0.3, -0.25) is 0 Å². The molecule has 0 fully saturated rings. The molecule has 0 aliphatic carbocycles. The quantitative estimate of drug-likeness (QED) is 0.622. The van der Waals surface area contributed by atoms with Gasteiger partial charge in [0, 0.05) is 14.8 Å². The molecule has 144 valence electrons. The zero-order valence-corrected chi connectivity index (χ0v) is 16.5. The van der Waals surface area contributed by atoms with Gasteiger partial charge < -0.3 is 20.1 Å². The molecule has 4 rings (SSSR count). The Morgan fingerprint density at radius 2 is 1.93 bits per heavy atom. The fourth-order valence-electron chi connectivity index (χ4n) is 2.88. The van der Waals surface area contributed by atoms with Crippen LogP contribution in [0.4, 0.5) is 4.79 Å². The fourth-order valence-corrected chi connectivity index (χ4v) is 5.30. The molecule has 2 aromatic heterocycles. The zero-order chi connectivity index (χ0) is 19.7. The molecule has 28 heavy (non-hydrogen) atoms. The first-order valence-corrected chi connectivity index (χ1v) is 10.2. The second-order valence-electron chi connectivity index (χ2n) is 5.96. The second kappa shape index (κ2) is 7.61. The van der Waals surface area contributed by atoms with Crippen molar-refractivity contribution >= 4 is 60.1 Å². The average molecular weight is 416 g/mol. The summed E-state index contributed by atoms with van der Waals surface area (Å²) in [5.74, 6) is -1.05. The second-order valence-corrected chi connectivity index (χ2v) is 8.10. The molecule has 3 heterocycles. The number of carbonyl (C=O) groups is 3. The third kappa shape index (κ3) is 3.46. The number of hydrogen-bond acceptors (Lipinski definition) is 7. The molecule has 0 bridgehead atoms. The monoisotopic (exact) mass is 416 g/mol. The summed E-state index contributed by atoms with van der Waals surface area (Å²) in [6, 6.07) is 9.39. The molecule has 0 saturated heterocycles. The molecule has 0 saturated carbocycles. The van der Waals surface area contributed by atoms with Gasteiger partial charge in [-0.1, -0.05) is 18.2 Å². The maximum Gasteiger partial charge on any atom is 0.348 e. The molecule has 0 radical (unpaired) electrons. The Bertz CT molecular complexity index is 1130. The topological polar surface area (TPSA) is 93.7 Å². The Kier molecular flexibility index (Phi) is 5.01. The molecular weight excluding hydrogens is 400 g/mol. The lowest BCUT2D eigenvalue weighted by Gasteiger charge is -2.20. The summed E-state index contributed by atoms with van der Waals surface area (Å²) in [4.78, 5) is 36.6.